The minimum absolute atomic E-state index is 0.0816. The van der Waals surface area contributed by atoms with Crippen molar-refractivity contribution >= 4 is 15.9 Å². The Balaban J connectivity index is 3.30. The predicted octanol–water partition coefficient (Wildman–Crippen LogP) is 2.26. The van der Waals surface area contributed by atoms with E-state index in [2.05, 4.69) is 15.9 Å². The summed E-state index contributed by atoms with van der Waals surface area (Å²) in [5.74, 6) is -1.61. The summed E-state index contributed by atoms with van der Waals surface area (Å²) in [4.78, 5) is 0. The van der Waals surface area contributed by atoms with Crippen LogP contribution in [-0.2, 0) is 0 Å². The number of hydrogen-bond acceptors (Lipinski definition) is 2. The molecular weight excluding hydrogens is 256 g/mol. The smallest absolute Gasteiger partial charge is 0.146 e. The Hall–Kier alpha value is -0.990. The van der Waals surface area contributed by atoms with Crippen LogP contribution in [0.1, 0.15) is 17.2 Å². The molecule has 1 rings (SSSR count). The number of benzene rings is 1. The highest BCUT2D eigenvalue weighted by molar-refractivity contribution is 9.09. The highest BCUT2D eigenvalue weighted by Crippen LogP contribution is 2.22. The molecule has 1 N–H and O–H groups in total. The van der Waals surface area contributed by atoms with E-state index in [1.807, 2.05) is 0 Å². The zero-order chi connectivity index (χ0) is 10.7. The van der Waals surface area contributed by atoms with Gasteiger partial charge in [0.2, 0.25) is 0 Å². The van der Waals surface area contributed by atoms with E-state index in [0.717, 1.165) is 12.1 Å². The molecule has 0 saturated carbocycles. The molecule has 0 aromatic heterocycles. The number of alkyl halides is 1. The van der Waals surface area contributed by atoms with E-state index in [1.165, 1.54) is 6.07 Å². The minimum atomic E-state index is -1.15. The molecule has 1 aromatic rings. The van der Waals surface area contributed by atoms with Crippen molar-refractivity contribution in [2.75, 3.05) is 5.33 Å². The van der Waals surface area contributed by atoms with Gasteiger partial charge in [-0.3, -0.25) is 0 Å². The van der Waals surface area contributed by atoms with Crippen molar-refractivity contribution in [2.24, 2.45) is 0 Å². The standard InChI is InChI=1S/C9H6BrF2NO/c10-3-8(14)7-2-6(11)1-5(4-13)9(7)12/h1-2,8,14H,3H2. The number of aliphatic hydroxyl groups is 1. The maximum Gasteiger partial charge on any atom is 0.146 e. The Bertz CT molecular complexity index is 389. The second-order valence-electron chi connectivity index (χ2n) is 2.64. The molecule has 0 bridgehead atoms. The molecule has 2 nitrogen and oxygen atoms in total. The topological polar surface area (TPSA) is 44.0 Å². The molecule has 0 aliphatic rings. The number of aliphatic hydroxyl groups excluding tert-OH is 1. The molecule has 0 spiro atoms. The second kappa shape index (κ2) is 4.49. The molecule has 0 aliphatic carbocycles. The molecule has 0 aliphatic heterocycles. The average molecular weight is 262 g/mol. The summed E-state index contributed by atoms with van der Waals surface area (Å²) >= 11 is 2.93. The van der Waals surface area contributed by atoms with Crippen molar-refractivity contribution in [3.63, 3.8) is 0 Å². The lowest BCUT2D eigenvalue weighted by molar-refractivity contribution is 0.199. The lowest BCUT2D eigenvalue weighted by Gasteiger charge is -2.09. The van der Waals surface area contributed by atoms with Crippen LogP contribution >= 0.6 is 15.9 Å². The highest BCUT2D eigenvalue weighted by Gasteiger charge is 2.16. The fraction of sp³-hybridized carbons (Fsp3) is 0.222. The lowest BCUT2D eigenvalue weighted by atomic mass is 10.1. The van der Waals surface area contributed by atoms with E-state index in [0.29, 0.717) is 0 Å². The van der Waals surface area contributed by atoms with Crippen molar-refractivity contribution in [3.05, 3.63) is 34.9 Å². The van der Waals surface area contributed by atoms with Gasteiger partial charge in [-0.25, -0.2) is 8.78 Å². The van der Waals surface area contributed by atoms with E-state index < -0.39 is 23.3 Å². The first-order valence-electron chi connectivity index (χ1n) is 3.73. The normalized spacial score (nSPS) is 12.2. The van der Waals surface area contributed by atoms with E-state index in [1.54, 1.807) is 0 Å². The Kier molecular flexibility index (Phi) is 3.55. The molecule has 0 amide bonds. The van der Waals surface area contributed by atoms with Gasteiger partial charge >= 0.3 is 0 Å². The van der Waals surface area contributed by atoms with Crippen LogP contribution in [0.15, 0.2) is 12.1 Å². The molecule has 0 fully saturated rings. The van der Waals surface area contributed by atoms with Gasteiger partial charge < -0.3 is 5.11 Å². The van der Waals surface area contributed by atoms with Crippen LogP contribution in [-0.4, -0.2) is 10.4 Å². The third-order valence-corrected chi connectivity index (χ3v) is 2.30. The van der Waals surface area contributed by atoms with Gasteiger partial charge in [-0.2, -0.15) is 5.26 Å². The van der Waals surface area contributed by atoms with Crippen LogP contribution in [0.3, 0.4) is 0 Å². The minimum Gasteiger partial charge on any atom is -0.387 e. The van der Waals surface area contributed by atoms with E-state index in [9.17, 15) is 13.9 Å². The van der Waals surface area contributed by atoms with Crippen LogP contribution in [0.4, 0.5) is 8.78 Å². The Labute approximate surface area is 87.9 Å². The zero-order valence-corrected chi connectivity index (χ0v) is 8.55. The zero-order valence-electron chi connectivity index (χ0n) is 6.97. The molecule has 14 heavy (non-hydrogen) atoms. The summed E-state index contributed by atoms with van der Waals surface area (Å²) in [6, 6.07) is 3.18. The summed E-state index contributed by atoms with van der Waals surface area (Å²) < 4.78 is 26.2. The fourth-order valence-electron chi connectivity index (χ4n) is 1.02. The first kappa shape index (κ1) is 11.1. The maximum atomic E-state index is 13.3. The number of nitrogens with zero attached hydrogens (tertiary/aromatic N) is 1. The molecule has 74 valence electrons. The van der Waals surface area contributed by atoms with Crippen molar-refractivity contribution in [3.8, 4) is 6.07 Å². The van der Waals surface area contributed by atoms with Gasteiger partial charge in [-0.05, 0) is 12.1 Å². The van der Waals surface area contributed by atoms with E-state index in [4.69, 9.17) is 5.26 Å². The third-order valence-electron chi connectivity index (χ3n) is 1.69. The Morgan fingerprint density at radius 3 is 2.64 bits per heavy atom. The number of halogens is 3. The van der Waals surface area contributed by atoms with Crippen molar-refractivity contribution in [1.29, 1.82) is 5.26 Å². The van der Waals surface area contributed by atoms with Crippen molar-refractivity contribution in [1.82, 2.24) is 0 Å². The monoisotopic (exact) mass is 261 g/mol. The summed E-state index contributed by atoms with van der Waals surface area (Å²) in [6.45, 7) is 0. The summed E-state index contributed by atoms with van der Waals surface area (Å²) in [7, 11) is 0. The summed E-state index contributed by atoms with van der Waals surface area (Å²) in [5, 5.41) is 17.8. The maximum absolute atomic E-state index is 13.3. The highest BCUT2D eigenvalue weighted by atomic mass is 79.9. The molecule has 1 atom stereocenters. The molecule has 5 heteroatoms. The van der Waals surface area contributed by atoms with E-state index >= 15 is 0 Å². The van der Waals surface area contributed by atoms with Crippen LogP contribution in [0, 0.1) is 23.0 Å². The molecule has 0 radical (unpaired) electrons. The average Bonchev–Trinajstić information content (AvgIpc) is 2.19. The van der Waals surface area contributed by atoms with Gasteiger partial charge in [0, 0.05) is 10.9 Å². The quantitative estimate of drug-likeness (QED) is 0.831. The van der Waals surface area contributed by atoms with Gasteiger partial charge in [-0.15, -0.1) is 0 Å². The van der Waals surface area contributed by atoms with Crippen molar-refractivity contribution in [2.45, 2.75) is 6.10 Å². The Morgan fingerprint density at radius 1 is 1.50 bits per heavy atom. The van der Waals surface area contributed by atoms with Crippen LogP contribution < -0.4 is 0 Å². The number of rotatable bonds is 2. The van der Waals surface area contributed by atoms with Gasteiger partial charge in [0.05, 0.1) is 11.7 Å². The fourth-order valence-corrected chi connectivity index (χ4v) is 1.37. The molecule has 1 unspecified atom stereocenters. The van der Waals surface area contributed by atoms with E-state index in [-0.39, 0.29) is 10.9 Å². The molecule has 0 saturated heterocycles. The first-order valence-corrected chi connectivity index (χ1v) is 4.85. The summed E-state index contributed by atoms with van der Waals surface area (Å²) in [6.07, 6.45) is -1.15. The largest absolute Gasteiger partial charge is 0.387 e. The number of nitriles is 1. The van der Waals surface area contributed by atoms with Gasteiger partial charge in [0.25, 0.3) is 0 Å². The molecule has 1 aromatic carbocycles. The second-order valence-corrected chi connectivity index (χ2v) is 3.29. The van der Waals surface area contributed by atoms with Crippen molar-refractivity contribution < 1.29 is 13.9 Å². The van der Waals surface area contributed by atoms with Crippen LogP contribution in [0.5, 0.6) is 0 Å². The number of hydrogen-bond donors (Lipinski definition) is 1. The van der Waals surface area contributed by atoms with Crippen LogP contribution in [0.2, 0.25) is 0 Å². The van der Waals surface area contributed by atoms with Gasteiger partial charge in [-0.1, -0.05) is 15.9 Å². The SMILES string of the molecule is N#Cc1cc(F)cc(C(O)CBr)c1F. The van der Waals surface area contributed by atoms with Crippen LogP contribution in [0.25, 0.3) is 0 Å². The molecule has 0 heterocycles. The lowest BCUT2D eigenvalue weighted by Crippen LogP contribution is -2.04. The Morgan fingerprint density at radius 2 is 2.14 bits per heavy atom. The first-order chi connectivity index (χ1) is 6.60. The summed E-state index contributed by atoms with van der Waals surface area (Å²) in [5.41, 5.74) is -0.613. The van der Waals surface area contributed by atoms with Gasteiger partial charge in [0.1, 0.15) is 17.7 Å². The third kappa shape index (κ3) is 2.08. The predicted molar refractivity (Wildman–Crippen MR) is 49.8 cm³/mol. The molecular formula is C9H6BrF2NO. The van der Waals surface area contributed by atoms with Gasteiger partial charge in [0.15, 0.2) is 0 Å².